The van der Waals surface area contributed by atoms with E-state index in [1.54, 1.807) is 0 Å². The Morgan fingerprint density at radius 2 is 1.54 bits per heavy atom. The monoisotopic (exact) mass is 371 g/mol. The van der Waals surface area contributed by atoms with Gasteiger partial charge < -0.3 is 4.74 Å². The number of carbonyl (C=O) groups is 2. The highest BCUT2D eigenvalue weighted by molar-refractivity contribution is 6.21. The topological polar surface area (TPSA) is 55.4 Å². The zero-order valence-electron chi connectivity index (χ0n) is 15.8. The van der Waals surface area contributed by atoms with Crippen molar-refractivity contribution in [3.8, 4) is 16.9 Å². The first kappa shape index (κ1) is 19.1. The Balaban J connectivity index is 1.85. The quantitative estimate of drug-likeness (QED) is 0.389. The zero-order valence-corrected chi connectivity index (χ0v) is 15.8. The highest BCUT2D eigenvalue weighted by Crippen LogP contribution is 2.24. The van der Waals surface area contributed by atoms with Crippen molar-refractivity contribution in [1.29, 1.82) is 0 Å². The minimum atomic E-state index is -0.515. The summed E-state index contributed by atoms with van der Waals surface area (Å²) >= 11 is 0. The molecule has 0 saturated heterocycles. The Hall–Kier alpha value is -3.66. The van der Waals surface area contributed by atoms with E-state index < -0.39 is 5.91 Å². The van der Waals surface area contributed by atoms with Gasteiger partial charge in [0.25, 0.3) is 5.91 Å². The van der Waals surface area contributed by atoms with E-state index in [1.807, 2.05) is 86.6 Å². The number of nitrogens with one attached hydrogen (secondary N) is 1. The second-order valence-corrected chi connectivity index (χ2v) is 6.43. The number of aryl methyl sites for hydroxylation is 2. The van der Waals surface area contributed by atoms with Gasteiger partial charge in [0, 0.05) is 0 Å². The molecule has 4 heteroatoms. The van der Waals surface area contributed by atoms with Crippen molar-refractivity contribution in [3.05, 3.63) is 95.7 Å². The minimum absolute atomic E-state index is 0.280. The van der Waals surface area contributed by atoms with Crippen LogP contribution in [0, 0.1) is 13.8 Å². The van der Waals surface area contributed by atoms with Gasteiger partial charge in [-0.3, -0.25) is 14.9 Å². The Kier molecular flexibility index (Phi) is 6.02. The van der Waals surface area contributed by atoms with Crippen LogP contribution < -0.4 is 10.1 Å². The summed E-state index contributed by atoms with van der Waals surface area (Å²) in [7, 11) is 0. The average molecular weight is 371 g/mol. The number of amides is 2. The van der Waals surface area contributed by atoms with Crippen molar-refractivity contribution in [1.82, 2.24) is 5.32 Å². The number of ether oxygens (including phenoxy) is 1. The number of hydrogen-bond donors (Lipinski definition) is 1. The lowest BCUT2D eigenvalue weighted by Gasteiger charge is -2.10. The maximum absolute atomic E-state index is 12.3. The summed E-state index contributed by atoms with van der Waals surface area (Å²) < 4.78 is 5.71. The van der Waals surface area contributed by atoms with Gasteiger partial charge in [0.1, 0.15) is 12.0 Å². The van der Waals surface area contributed by atoms with Crippen molar-refractivity contribution >= 4 is 17.9 Å². The third-order valence-corrected chi connectivity index (χ3v) is 4.53. The van der Waals surface area contributed by atoms with E-state index in [-0.39, 0.29) is 5.57 Å². The molecule has 0 aromatic heterocycles. The second-order valence-electron chi connectivity index (χ2n) is 6.43. The van der Waals surface area contributed by atoms with Gasteiger partial charge in [0.05, 0.1) is 5.57 Å². The molecule has 0 aliphatic heterocycles. The summed E-state index contributed by atoms with van der Waals surface area (Å²) in [6.45, 7) is 3.97. The molecule has 1 N–H and O–H groups in total. The maximum atomic E-state index is 12.3. The molecule has 0 bridgehead atoms. The molecule has 0 aliphatic carbocycles. The smallest absolute Gasteiger partial charge is 0.261 e. The predicted octanol–water partition coefficient (Wildman–Crippen LogP) is 4.66. The first-order valence-electron chi connectivity index (χ1n) is 8.93. The van der Waals surface area contributed by atoms with Gasteiger partial charge in [0.15, 0.2) is 0 Å². The third-order valence-electron chi connectivity index (χ3n) is 4.53. The Bertz CT molecular complexity index is 1010. The summed E-state index contributed by atoms with van der Waals surface area (Å²) in [6.07, 6.45) is 1.74. The number of carbonyl (C=O) groups excluding carboxylic acids is 2. The van der Waals surface area contributed by atoms with Crippen LogP contribution in [-0.4, -0.2) is 12.3 Å². The van der Waals surface area contributed by atoms with Crippen molar-refractivity contribution in [3.63, 3.8) is 0 Å². The Morgan fingerprint density at radius 1 is 0.857 bits per heavy atom. The molecule has 0 aliphatic rings. The van der Waals surface area contributed by atoms with Crippen LogP contribution in [0.4, 0.5) is 0 Å². The Labute approximate surface area is 164 Å². The molecule has 0 spiro atoms. The second kappa shape index (κ2) is 8.82. The number of hydrogen-bond acceptors (Lipinski definition) is 3. The first-order valence-corrected chi connectivity index (χ1v) is 8.93. The van der Waals surface area contributed by atoms with E-state index in [0.29, 0.717) is 17.7 Å². The molecule has 28 heavy (non-hydrogen) atoms. The van der Waals surface area contributed by atoms with E-state index in [9.17, 15) is 9.59 Å². The van der Waals surface area contributed by atoms with Crippen LogP contribution in [0.15, 0.2) is 79.1 Å². The van der Waals surface area contributed by atoms with E-state index in [0.717, 1.165) is 22.3 Å². The molecule has 0 radical (unpaired) electrons. The number of benzene rings is 3. The standard InChI is InChI=1S/C24H21NO3/c1-17-8-9-21(14-18(17)2)23(24(27)25-16-26)15-28-22-12-10-20(11-13-22)19-6-4-3-5-7-19/h3-16H,1-2H3,(H,25,26,27)/b23-15-. The van der Waals surface area contributed by atoms with Crippen LogP contribution in [0.2, 0.25) is 0 Å². The lowest BCUT2D eigenvalue weighted by molar-refractivity contribution is -0.121. The highest BCUT2D eigenvalue weighted by Gasteiger charge is 2.13. The van der Waals surface area contributed by atoms with Crippen LogP contribution in [0.1, 0.15) is 16.7 Å². The van der Waals surface area contributed by atoms with Crippen molar-refractivity contribution in [2.45, 2.75) is 13.8 Å². The molecule has 2 amide bonds. The molecule has 0 fully saturated rings. The van der Waals surface area contributed by atoms with Gasteiger partial charge in [-0.05, 0) is 53.8 Å². The number of rotatable bonds is 6. The molecule has 4 nitrogen and oxygen atoms in total. The van der Waals surface area contributed by atoms with Gasteiger partial charge in [0.2, 0.25) is 6.41 Å². The fraction of sp³-hybridized carbons (Fsp3) is 0.0833. The fourth-order valence-electron chi connectivity index (χ4n) is 2.78. The normalized spacial score (nSPS) is 11.0. The summed E-state index contributed by atoms with van der Waals surface area (Å²) in [5.74, 6) is 0.0825. The van der Waals surface area contributed by atoms with E-state index in [2.05, 4.69) is 5.32 Å². The molecule has 0 atom stereocenters. The molecule has 3 rings (SSSR count). The SMILES string of the molecule is Cc1ccc(/C(=C/Oc2ccc(-c3ccccc3)cc2)C(=O)NC=O)cc1C. The van der Waals surface area contributed by atoms with E-state index >= 15 is 0 Å². The van der Waals surface area contributed by atoms with Gasteiger partial charge in [-0.15, -0.1) is 0 Å². The molecule has 3 aromatic rings. The van der Waals surface area contributed by atoms with Crippen LogP contribution in [0.25, 0.3) is 16.7 Å². The largest absolute Gasteiger partial charge is 0.464 e. The molecule has 0 unspecified atom stereocenters. The number of imide groups is 1. The molecule has 0 saturated carbocycles. The third kappa shape index (κ3) is 4.54. The summed E-state index contributed by atoms with van der Waals surface area (Å²) in [6, 6.07) is 23.3. The predicted molar refractivity (Wildman–Crippen MR) is 111 cm³/mol. The minimum Gasteiger partial charge on any atom is -0.464 e. The van der Waals surface area contributed by atoms with Gasteiger partial charge >= 0.3 is 0 Å². The zero-order chi connectivity index (χ0) is 19.9. The van der Waals surface area contributed by atoms with Crippen molar-refractivity contribution < 1.29 is 14.3 Å². The summed E-state index contributed by atoms with van der Waals surface area (Å²) in [5, 5.41) is 2.18. The van der Waals surface area contributed by atoms with Crippen LogP contribution >= 0.6 is 0 Å². The Morgan fingerprint density at radius 3 is 2.18 bits per heavy atom. The molecular weight excluding hydrogens is 350 g/mol. The van der Waals surface area contributed by atoms with E-state index in [4.69, 9.17) is 4.74 Å². The first-order chi connectivity index (χ1) is 13.6. The molecule has 140 valence electrons. The van der Waals surface area contributed by atoms with Gasteiger partial charge in [-0.1, -0.05) is 60.7 Å². The van der Waals surface area contributed by atoms with Gasteiger partial charge in [-0.2, -0.15) is 0 Å². The summed E-state index contributed by atoms with van der Waals surface area (Å²) in [5.41, 5.74) is 5.33. The van der Waals surface area contributed by atoms with Crippen LogP contribution in [0.5, 0.6) is 5.75 Å². The van der Waals surface area contributed by atoms with Crippen molar-refractivity contribution in [2.75, 3.05) is 0 Å². The highest BCUT2D eigenvalue weighted by atomic mass is 16.5. The molecule has 3 aromatic carbocycles. The van der Waals surface area contributed by atoms with Crippen LogP contribution in [0.3, 0.4) is 0 Å². The van der Waals surface area contributed by atoms with Gasteiger partial charge in [-0.25, -0.2) is 0 Å². The van der Waals surface area contributed by atoms with Crippen LogP contribution in [-0.2, 0) is 9.59 Å². The maximum Gasteiger partial charge on any atom is 0.261 e. The fourth-order valence-corrected chi connectivity index (χ4v) is 2.78. The lowest BCUT2D eigenvalue weighted by atomic mass is 10.0. The van der Waals surface area contributed by atoms with Crippen molar-refractivity contribution in [2.24, 2.45) is 0 Å². The summed E-state index contributed by atoms with van der Waals surface area (Å²) in [4.78, 5) is 23.0. The molecule has 0 heterocycles. The average Bonchev–Trinajstić information content (AvgIpc) is 2.72. The lowest BCUT2D eigenvalue weighted by Crippen LogP contribution is -2.22. The molecular formula is C24H21NO3. The van der Waals surface area contributed by atoms with E-state index in [1.165, 1.54) is 6.26 Å².